The topological polar surface area (TPSA) is 97.7 Å². The van der Waals surface area contributed by atoms with Crippen LogP contribution in [0.25, 0.3) is 11.1 Å². The Morgan fingerprint density at radius 3 is 2.81 bits per heavy atom. The number of rotatable bonds is 2. The van der Waals surface area contributed by atoms with Gasteiger partial charge in [0.25, 0.3) is 0 Å². The van der Waals surface area contributed by atoms with Crippen LogP contribution in [0, 0.1) is 11.8 Å². The Labute approximate surface area is 148 Å². The molecule has 0 radical (unpaired) electrons. The van der Waals surface area contributed by atoms with Crippen LogP contribution < -0.4 is 5.69 Å². The Kier molecular flexibility index (Phi) is 4.31. The molecule has 1 aliphatic rings. The van der Waals surface area contributed by atoms with Gasteiger partial charge in [0.1, 0.15) is 12.3 Å². The van der Waals surface area contributed by atoms with E-state index >= 15 is 0 Å². The first-order chi connectivity index (χ1) is 12.6. The van der Waals surface area contributed by atoms with E-state index < -0.39 is 24.1 Å². The Morgan fingerprint density at radius 2 is 2.08 bits per heavy atom. The van der Waals surface area contributed by atoms with Crippen LogP contribution in [0.1, 0.15) is 24.0 Å². The Hall–Kier alpha value is -2.92. The Morgan fingerprint density at radius 1 is 1.27 bits per heavy atom. The zero-order valence-electron chi connectivity index (χ0n) is 13.7. The van der Waals surface area contributed by atoms with Gasteiger partial charge < -0.3 is 19.4 Å². The molecule has 0 aliphatic carbocycles. The lowest BCUT2D eigenvalue weighted by molar-refractivity contribution is -0.0457. The van der Waals surface area contributed by atoms with Crippen LogP contribution in [0.4, 0.5) is 0 Å². The second kappa shape index (κ2) is 6.77. The predicted octanol–water partition coefficient (Wildman–Crippen LogP) is 1.03. The Balaban J connectivity index is 1.66. The second-order valence-electron chi connectivity index (χ2n) is 6.03. The summed E-state index contributed by atoms with van der Waals surface area (Å²) in [5.74, 6) is 6.29. The van der Waals surface area contributed by atoms with Crippen LogP contribution in [0.5, 0.6) is 0 Å². The van der Waals surface area contributed by atoms with Crippen LogP contribution in [-0.2, 0) is 4.74 Å². The molecule has 1 aromatic carbocycles. The third kappa shape index (κ3) is 3.13. The van der Waals surface area contributed by atoms with E-state index in [9.17, 15) is 15.0 Å². The lowest BCUT2D eigenvalue weighted by Crippen LogP contribution is -2.27. The maximum absolute atomic E-state index is 12.2. The molecule has 132 valence electrons. The van der Waals surface area contributed by atoms with Gasteiger partial charge in [0.15, 0.2) is 5.76 Å². The maximum Gasteiger partial charge on any atom is 0.353 e. The molecule has 0 unspecified atom stereocenters. The molecular weight excluding hydrogens is 336 g/mol. The molecule has 1 fully saturated rings. The number of aromatic nitrogens is 2. The van der Waals surface area contributed by atoms with E-state index in [0.29, 0.717) is 11.1 Å². The highest BCUT2D eigenvalue weighted by Gasteiger charge is 2.35. The first kappa shape index (κ1) is 16.5. The van der Waals surface area contributed by atoms with Crippen LogP contribution in [-0.4, -0.2) is 38.6 Å². The van der Waals surface area contributed by atoms with Gasteiger partial charge in [-0.3, -0.25) is 4.57 Å². The first-order valence-electron chi connectivity index (χ1n) is 8.18. The number of aliphatic hydroxyl groups is 2. The number of hydrogen-bond acceptors (Lipinski definition) is 6. The normalized spacial score (nSPS) is 22.3. The minimum atomic E-state index is -0.829. The molecule has 0 saturated carbocycles. The molecule has 2 N–H and O–H groups in total. The molecular formula is C19H16N2O5. The molecule has 0 bridgehead atoms. The van der Waals surface area contributed by atoms with Gasteiger partial charge >= 0.3 is 5.69 Å². The summed E-state index contributed by atoms with van der Waals surface area (Å²) in [6.45, 7) is -0.312. The van der Waals surface area contributed by atoms with Gasteiger partial charge in [-0.1, -0.05) is 24.1 Å². The van der Waals surface area contributed by atoms with Crippen LogP contribution in [0.3, 0.4) is 0 Å². The SMILES string of the molecule is O=c1nc2oc(C#Cc3ccccc3)cc2cn1[C@H]1C[C@H](O)[C@@H](CO)O1. The molecule has 3 aromatic rings. The zero-order chi connectivity index (χ0) is 18.1. The Bertz CT molecular complexity index is 1040. The molecule has 0 spiro atoms. The van der Waals surface area contributed by atoms with Crippen molar-refractivity contribution in [2.45, 2.75) is 24.9 Å². The van der Waals surface area contributed by atoms with E-state index in [1.165, 1.54) is 4.57 Å². The van der Waals surface area contributed by atoms with Crippen molar-refractivity contribution in [3.63, 3.8) is 0 Å². The predicted molar refractivity (Wildman–Crippen MR) is 92.3 cm³/mol. The fourth-order valence-electron chi connectivity index (χ4n) is 2.90. The zero-order valence-corrected chi connectivity index (χ0v) is 13.7. The standard InChI is InChI=1S/C19H16N2O5/c22-11-16-15(23)9-17(26-16)21-10-13-8-14(25-18(13)20-19(21)24)7-6-12-4-2-1-3-5-12/h1-5,8,10,15-17,22-23H,9,11H2/t15-,16+,17+/m0/s1. The van der Waals surface area contributed by atoms with Gasteiger partial charge in [0, 0.05) is 24.2 Å². The van der Waals surface area contributed by atoms with Crippen molar-refractivity contribution >= 4 is 11.1 Å². The van der Waals surface area contributed by atoms with Gasteiger partial charge in [-0.25, -0.2) is 4.79 Å². The molecule has 3 atom stereocenters. The molecule has 7 heteroatoms. The molecule has 0 amide bonds. The number of ether oxygens (including phenoxy) is 1. The van der Waals surface area contributed by atoms with E-state index in [4.69, 9.17) is 9.15 Å². The van der Waals surface area contributed by atoms with Crippen LogP contribution in [0.15, 0.2) is 51.8 Å². The maximum atomic E-state index is 12.2. The summed E-state index contributed by atoms with van der Waals surface area (Å²) in [5.41, 5.74) is 0.495. The summed E-state index contributed by atoms with van der Waals surface area (Å²) in [6.07, 6.45) is -0.445. The minimum absolute atomic E-state index is 0.195. The van der Waals surface area contributed by atoms with Crippen molar-refractivity contribution in [2.75, 3.05) is 6.61 Å². The van der Waals surface area contributed by atoms with Gasteiger partial charge in [0.2, 0.25) is 5.71 Å². The summed E-state index contributed by atoms with van der Waals surface area (Å²) in [6, 6.07) is 11.2. The largest absolute Gasteiger partial charge is 0.429 e. The summed E-state index contributed by atoms with van der Waals surface area (Å²) < 4.78 is 12.3. The number of nitrogens with zero attached hydrogens (tertiary/aromatic N) is 2. The summed E-state index contributed by atoms with van der Waals surface area (Å²) in [7, 11) is 0. The number of furan rings is 1. The molecule has 7 nitrogen and oxygen atoms in total. The van der Waals surface area contributed by atoms with Crippen LogP contribution in [0.2, 0.25) is 0 Å². The second-order valence-corrected chi connectivity index (χ2v) is 6.03. The van der Waals surface area contributed by atoms with Crippen molar-refractivity contribution < 1.29 is 19.4 Å². The lowest BCUT2D eigenvalue weighted by atomic mass is 10.2. The third-order valence-corrected chi connectivity index (χ3v) is 4.23. The molecule has 2 aromatic heterocycles. The number of fused-ring (bicyclic) bond motifs is 1. The summed E-state index contributed by atoms with van der Waals surface area (Å²) in [5, 5.41) is 19.6. The van der Waals surface area contributed by atoms with E-state index in [2.05, 4.69) is 16.8 Å². The smallest absolute Gasteiger partial charge is 0.353 e. The third-order valence-electron chi connectivity index (χ3n) is 4.23. The van der Waals surface area contributed by atoms with E-state index in [1.54, 1.807) is 12.3 Å². The van der Waals surface area contributed by atoms with Crippen molar-refractivity contribution in [3.05, 3.63) is 64.4 Å². The van der Waals surface area contributed by atoms with Crippen LogP contribution >= 0.6 is 0 Å². The summed E-state index contributed by atoms with van der Waals surface area (Å²) >= 11 is 0. The minimum Gasteiger partial charge on any atom is -0.429 e. The fourth-order valence-corrected chi connectivity index (χ4v) is 2.90. The quantitative estimate of drug-likeness (QED) is 0.669. The molecule has 4 rings (SSSR count). The number of aliphatic hydroxyl groups excluding tert-OH is 2. The monoisotopic (exact) mass is 352 g/mol. The van der Waals surface area contributed by atoms with Gasteiger partial charge in [-0.2, -0.15) is 4.98 Å². The highest BCUT2D eigenvalue weighted by Crippen LogP contribution is 2.28. The average Bonchev–Trinajstić information content (AvgIpc) is 3.22. The molecule has 1 saturated heterocycles. The number of benzene rings is 1. The highest BCUT2D eigenvalue weighted by atomic mass is 16.5. The van der Waals surface area contributed by atoms with Crippen molar-refractivity contribution in [1.82, 2.24) is 9.55 Å². The molecule has 3 heterocycles. The van der Waals surface area contributed by atoms with Crippen molar-refractivity contribution in [1.29, 1.82) is 0 Å². The molecule has 26 heavy (non-hydrogen) atoms. The van der Waals surface area contributed by atoms with Gasteiger partial charge in [0.05, 0.1) is 18.1 Å². The van der Waals surface area contributed by atoms with Gasteiger partial charge in [-0.15, -0.1) is 0 Å². The van der Waals surface area contributed by atoms with E-state index in [1.807, 2.05) is 30.3 Å². The first-order valence-corrected chi connectivity index (χ1v) is 8.18. The van der Waals surface area contributed by atoms with Gasteiger partial charge in [-0.05, 0) is 18.1 Å². The number of hydrogen-bond donors (Lipinski definition) is 2. The summed E-state index contributed by atoms with van der Waals surface area (Å²) in [4.78, 5) is 16.2. The molecule has 1 aliphatic heterocycles. The van der Waals surface area contributed by atoms with E-state index in [-0.39, 0.29) is 18.7 Å². The average molecular weight is 352 g/mol. The lowest BCUT2D eigenvalue weighted by Gasteiger charge is -2.13. The fraction of sp³-hybridized carbons (Fsp3) is 0.263. The van der Waals surface area contributed by atoms with E-state index in [0.717, 1.165) is 5.56 Å². The highest BCUT2D eigenvalue weighted by molar-refractivity contribution is 5.74. The van der Waals surface area contributed by atoms with Crippen molar-refractivity contribution in [2.24, 2.45) is 0 Å². The van der Waals surface area contributed by atoms with Crippen molar-refractivity contribution in [3.8, 4) is 11.8 Å².